The molecule has 16 heavy (non-hydrogen) atoms. The van der Waals surface area contributed by atoms with Crippen molar-refractivity contribution in [2.75, 3.05) is 19.4 Å². The zero-order valence-corrected chi connectivity index (χ0v) is 8.77. The summed E-state index contributed by atoms with van der Waals surface area (Å²) in [5.41, 5.74) is 5.80. The number of carboxylic acids is 1. The number of benzene rings is 1. The number of hydrogen-bond donors (Lipinski definition) is 5. The molecule has 1 aromatic carbocycles. The number of anilines is 1. The molecule has 1 aromatic rings. The number of hydrogen-bond acceptors (Lipinski definition) is 5. The van der Waals surface area contributed by atoms with E-state index < -0.39 is 12.0 Å². The van der Waals surface area contributed by atoms with Crippen molar-refractivity contribution in [3.05, 3.63) is 23.3 Å². The van der Waals surface area contributed by atoms with E-state index >= 15 is 0 Å². The maximum Gasteiger partial charge on any atom is 0.337 e. The molecule has 0 aliphatic heterocycles. The van der Waals surface area contributed by atoms with Gasteiger partial charge in [-0.25, -0.2) is 4.79 Å². The summed E-state index contributed by atoms with van der Waals surface area (Å²) in [5, 5.41) is 30.2. The molecule has 6 N–H and O–H groups in total. The van der Waals surface area contributed by atoms with Gasteiger partial charge in [0.15, 0.2) is 0 Å². The fourth-order valence-electron chi connectivity index (χ4n) is 1.43. The molecule has 0 saturated carbocycles. The fraction of sp³-hybridized carbons (Fsp3) is 0.300. The number of phenolic OH excluding ortho intramolecular Hbond substituents is 1. The Kier molecular flexibility index (Phi) is 3.70. The van der Waals surface area contributed by atoms with Crippen molar-refractivity contribution < 1.29 is 20.1 Å². The van der Waals surface area contributed by atoms with Crippen LogP contribution in [0.4, 0.5) is 5.69 Å². The van der Waals surface area contributed by atoms with Crippen molar-refractivity contribution in [3.8, 4) is 5.75 Å². The zero-order chi connectivity index (χ0) is 12.3. The van der Waals surface area contributed by atoms with Crippen LogP contribution in [-0.2, 0) is 0 Å². The summed E-state index contributed by atoms with van der Waals surface area (Å²) >= 11 is 0. The highest BCUT2D eigenvalue weighted by atomic mass is 16.4. The van der Waals surface area contributed by atoms with Gasteiger partial charge in [0.1, 0.15) is 5.75 Å². The van der Waals surface area contributed by atoms with Crippen LogP contribution in [0.2, 0.25) is 0 Å². The number of aromatic hydroxyl groups is 1. The number of phenols is 1. The highest BCUT2D eigenvalue weighted by Gasteiger charge is 2.17. The average molecular weight is 226 g/mol. The highest BCUT2D eigenvalue weighted by molar-refractivity contribution is 5.94. The number of rotatable bonds is 4. The van der Waals surface area contributed by atoms with E-state index in [1.54, 1.807) is 7.05 Å². The summed E-state index contributed by atoms with van der Waals surface area (Å²) in [6.07, 6.45) is 0. The van der Waals surface area contributed by atoms with E-state index in [1.807, 2.05) is 0 Å². The van der Waals surface area contributed by atoms with Crippen molar-refractivity contribution in [2.24, 2.45) is 0 Å². The molecule has 0 saturated heterocycles. The second kappa shape index (κ2) is 4.82. The maximum atomic E-state index is 10.7. The van der Waals surface area contributed by atoms with Crippen LogP contribution in [0, 0.1) is 0 Å². The van der Waals surface area contributed by atoms with Gasteiger partial charge in [0.05, 0.1) is 18.2 Å². The van der Waals surface area contributed by atoms with Crippen LogP contribution in [0.5, 0.6) is 5.75 Å². The van der Waals surface area contributed by atoms with E-state index in [0.717, 1.165) is 6.07 Å². The molecule has 6 heteroatoms. The molecule has 0 amide bonds. The second-order valence-corrected chi connectivity index (χ2v) is 3.33. The van der Waals surface area contributed by atoms with Crippen LogP contribution in [0.25, 0.3) is 0 Å². The first-order chi connectivity index (χ1) is 7.51. The lowest BCUT2D eigenvalue weighted by Gasteiger charge is -2.16. The summed E-state index contributed by atoms with van der Waals surface area (Å²) in [5.74, 6) is -1.41. The number of carbonyl (C=O) groups is 1. The molecule has 0 radical (unpaired) electrons. The summed E-state index contributed by atoms with van der Waals surface area (Å²) in [4.78, 5) is 10.7. The minimum Gasteiger partial charge on any atom is -0.508 e. The molecule has 1 atom stereocenters. The van der Waals surface area contributed by atoms with Crippen molar-refractivity contribution in [2.45, 2.75) is 6.04 Å². The molecule has 0 bridgehead atoms. The smallest absolute Gasteiger partial charge is 0.337 e. The fourth-order valence-corrected chi connectivity index (χ4v) is 1.43. The number of aliphatic hydroxyl groups is 1. The monoisotopic (exact) mass is 226 g/mol. The number of nitrogens with two attached hydrogens (primary N) is 1. The van der Waals surface area contributed by atoms with Crippen LogP contribution >= 0.6 is 0 Å². The first-order valence-electron chi connectivity index (χ1n) is 4.65. The van der Waals surface area contributed by atoms with E-state index in [0.29, 0.717) is 5.56 Å². The van der Waals surface area contributed by atoms with E-state index in [1.165, 1.54) is 6.07 Å². The predicted octanol–water partition coefficient (Wildman–Crippen LogP) is -0.0746. The van der Waals surface area contributed by atoms with Crippen molar-refractivity contribution in [3.63, 3.8) is 0 Å². The van der Waals surface area contributed by atoms with E-state index in [-0.39, 0.29) is 23.6 Å². The SMILES string of the molecule is CNC(CO)c1cc(N)c(C(=O)O)cc1O. The Morgan fingerprint density at radius 1 is 1.56 bits per heavy atom. The molecule has 0 fully saturated rings. The molecule has 0 aromatic heterocycles. The molecule has 0 aliphatic carbocycles. The Hall–Kier alpha value is -1.79. The molecular weight excluding hydrogens is 212 g/mol. The Morgan fingerprint density at radius 3 is 2.62 bits per heavy atom. The van der Waals surface area contributed by atoms with E-state index in [2.05, 4.69) is 5.32 Å². The van der Waals surface area contributed by atoms with Crippen LogP contribution in [0.3, 0.4) is 0 Å². The Balaban J connectivity index is 3.24. The third kappa shape index (κ3) is 2.23. The van der Waals surface area contributed by atoms with Gasteiger partial charge in [0, 0.05) is 11.3 Å². The lowest BCUT2D eigenvalue weighted by Crippen LogP contribution is -2.20. The Bertz CT molecular complexity index is 402. The van der Waals surface area contributed by atoms with Gasteiger partial charge in [-0.15, -0.1) is 0 Å². The molecule has 6 nitrogen and oxygen atoms in total. The molecule has 1 rings (SSSR count). The van der Waals surface area contributed by atoms with Gasteiger partial charge in [-0.2, -0.15) is 0 Å². The first-order valence-corrected chi connectivity index (χ1v) is 4.65. The molecule has 1 unspecified atom stereocenters. The molecule has 0 heterocycles. The lowest BCUT2D eigenvalue weighted by molar-refractivity contribution is 0.0697. The number of aromatic carboxylic acids is 1. The lowest BCUT2D eigenvalue weighted by atomic mass is 10.0. The largest absolute Gasteiger partial charge is 0.508 e. The Morgan fingerprint density at radius 2 is 2.19 bits per heavy atom. The van der Waals surface area contributed by atoms with Gasteiger partial charge in [-0.1, -0.05) is 0 Å². The molecule has 88 valence electrons. The normalized spacial score (nSPS) is 12.4. The number of carboxylic acid groups (broad SMARTS) is 1. The van der Waals surface area contributed by atoms with Crippen LogP contribution in [0.15, 0.2) is 12.1 Å². The number of nitrogen functional groups attached to an aromatic ring is 1. The van der Waals surface area contributed by atoms with E-state index in [4.69, 9.17) is 15.9 Å². The minimum absolute atomic E-state index is 0.0500. The Labute approximate surface area is 92.3 Å². The maximum absolute atomic E-state index is 10.7. The summed E-state index contributed by atoms with van der Waals surface area (Å²) in [7, 11) is 1.61. The minimum atomic E-state index is -1.20. The van der Waals surface area contributed by atoms with Crippen LogP contribution in [0.1, 0.15) is 22.0 Å². The van der Waals surface area contributed by atoms with Crippen LogP contribution < -0.4 is 11.1 Å². The first kappa shape index (κ1) is 12.3. The average Bonchev–Trinajstić information content (AvgIpc) is 2.23. The molecule has 0 spiro atoms. The van der Waals surface area contributed by atoms with Gasteiger partial charge in [0.25, 0.3) is 0 Å². The quantitative estimate of drug-likeness (QED) is 0.362. The second-order valence-electron chi connectivity index (χ2n) is 3.33. The predicted molar refractivity (Wildman–Crippen MR) is 58.4 cm³/mol. The molecular formula is C10H14N2O4. The van der Waals surface area contributed by atoms with Crippen LogP contribution in [-0.4, -0.2) is 34.9 Å². The number of aliphatic hydroxyl groups excluding tert-OH is 1. The summed E-state index contributed by atoms with van der Waals surface area (Å²) in [6.45, 7) is -0.226. The van der Waals surface area contributed by atoms with Crippen molar-refractivity contribution >= 4 is 11.7 Å². The van der Waals surface area contributed by atoms with Gasteiger partial charge in [-0.05, 0) is 19.2 Å². The number of likely N-dealkylation sites (N-methyl/N-ethyl adjacent to an activating group) is 1. The summed E-state index contributed by atoms with van der Waals surface area (Å²) < 4.78 is 0. The number of nitrogens with one attached hydrogen (secondary N) is 1. The van der Waals surface area contributed by atoms with Crippen molar-refractivity contribution in [1.82, 2.24) is 5.32 Å². The van der Waals surface area contributed by atoms with Gasteiger partial charge in [0.2, 0.25) is 0 Å². The highest BCUT2D eigenvalue weighted by Crippen LogP contribution is 2.29. The zero-order valence-electron chi connectivity index (χ0n) is 8.77. The third-order valence-electron chi connectivity index (χ3n) is 2.34. The molecule has 0 aliphatic rings. The summed E-state index contributed by atoms with van der Waals surface area (Å²) in [6, 6.07) is 1.94. The van der Waals surface area contributed by atoms with Gasteiger partial charge in [-0.3, -0.25) is 0 Å². The van der Waals surface area contributed by atoms with Gasteiger partial charge >= 0.3 is 5.97 Å². The topological polar surface area (TPSA) is 116 Å². The third-order valence-corrected chi connectivity index (χ3v) is 2.34. The van der Waals surface area contributed by atoms with Gasteiger partial charge < -0.3 is 26.4 Å². The van der Waals surface area contributed by atoms with E-state index in [9.17, 15) is 9.90 Å². The van der Waals surface area contributed by atoms with Crippen molar-refractivity contribution in [1.29, 1.82) is 0 Å². The standard InChI is InChI=1S/C10H14N2O4/c1-12-8(4-13)6-2-7(11)5(10(15)16)3-9(6)14/h2-3,8,12-14H,4,11H2,1H3,(H,15,16).